The van der Waals surface area contributed by atoms with Gasteiger partial charge in [0.25, 0.3) is 0 Å². The molecule has 0 atom stereocenters. The number of rotatable bonds is 3. The van der Waals surface area contributed by atoms with Crippen LogP contribution in [-0.4, -0.2) is 29.3 Å². The van der Waals surface area contributed by atoms with Crippen molar-refractivity contribution in [3.05, 3.63) is 0 Å². The average molecular weight is 294 g/mol. The van der Waals surface area contributed by atoms with E-state index in [-0.39, 0.29) is 17.2 Å². The molecule has 2 aliphatic rings. The van der Waals surface area contributed by atoms with E-state index in [1.54, 1.807) is 0 Å². The van der Waals surface area contributed by atoms with Crippen LogP contribution in [-0.2, 0) is 9.59 Å². The van der Waals surface area contributed by atoms with Crippen LogP contribution in [0.1, 0.15) is 65.7 Å². The van der Waals surface area contributed by atoms with Gasteiger partial charge in [-0.1, -0.05) is 46.5 Å². The SMILES string of the molecule is CCC(C)(C)CN1C(=O)NC(=O)C2(CCCCCC2)C1=O. The average Bonchev–Trinajstić information content (AvgIpc) is 2.69. The summed E-state index contributed by atoms with van der Waals surface area (Å²) in [5.74, 6) is -0.662. The molecule has 1 aliphatic carbocycles. The zero-order valence-corrected chi connectivity index (χ0v) is 13.3. The number of hydrogen-bond acceptors (Lipinski definition) is 3. The standard InChI is InChI=1S/C16H26N2O3/c1-4-15(2,3)11-18-13(20)16(12(19)17-14(18)21)9-7-5-6-8-10-16/h4-11H2,1-3H3,(H,17,19,21). The third-order valence-corrected chi connectivity index (χ3v) is 5.06. The summed E-state index contributed by atoms with van der Waals surface area (Å²) in [5, 5.41) is 2.42. The molecular formula is C16H26N2O3. The van der Waals surface area contributed by atoms with E-state index in [9.17, 15) is 14.4 Å². The predicted octanol–water partition coefficient (Wildman–Crippen LogP) is 2.84. The summed E-state index contributed by atoms with van der Waals surface area (Å²) in [6.07, 6.45) is 5.84. The Morgan fingerprint density at radius 1 is 1.10 bits per heavy atom. The molecule has 1 saturated heterocycles. The van der Waals surface area contributed by atoms with E-state index in [1.165, 1.54) is 4.90 Å². The van der Waals surface area contributed by atoms with Gasteiger partial charge in [0.05, 0.1) is 0 Å². The Labute approximate surface area is 126 Å². The van der Waals surface area contributed by atoms with Gasteiger partial charge in [0.15, 0.2) is 0 Å². The van der Waals surface area contributed by atoms with Gasteiger partial charge in [0, 0.05) is 6.54 Å². The van der Waals surface area contributed by atoms with Crippen LogP contribution >= 0.6 is 0 Å². The zero-order chi connectivity index (χ0) is 15.7. The first kappa shape index (κ1) is 16.0. The molecule has 21 heavy (non-hydrogen) atoms. The summed E-state index contributed by atoms with van der Waals surface area (Å²) in [6, 6.07) is -0.554. The van der Waals surface area contributed by atoms with Crippen LogP contribution in [0.15, 0.2) is 0 Å². The van der Waals surface area contributed by atoms with Crippen molar-refractivity contribution in [2.24, 2.45) is 10.8 Å². The lowest BCUT2D eigenvalue weighted by Crippen LogP contribution is -2.64. The van der Waals surface area contributed by atoms with Crippen LogP contribution in [0.4, 0.5) is 4.79 Å². The van der Waals surface area contributed by atoms with Crippen molar-refractivity contribution in [3.63, 3.8) is 0 Å². The van der Waals surface area contributed by atoms with Crippen molar-refractivity contribution in [2.75, 3.05) is 6.54 Å². The Balaban J connectivity index is 2.29. The summed E-state index contributed by atoms with van der Waals surface area (Å²) in [4.78, 5) is 38.6. The van der Waals surface area contributed by atoms with Gasteiger partial charge in [-0.25, -0.2) is 4.79 Å². The van der Waals surface area contributed by atoms with Crippen LogP contribution in [0.3, 0.4) is 0 Å². The number of urea groups is 1. The van der Waals surface area contributed by atoms with Crippen molar-refractivity contribution in [3.8, 4) is 0 Å². The minimum atomic E-state index is -1.01. The molecule has 118 valence electrons. The zero-order valence-electron chi connectivity index (χ0n) is 13.3. The molecule has 2 rings (SSSR count). The smallest absolute Gasteiger partial charge is 0.277 e. The molecule has 0 aromatic heterocycles. The van der Waals surface area contributed by atoms with Crippen molar-refractivity contribution < 1.29 is 14.4 Å². The lowest BCUT2D eigenvalue weighted by molar-refractivity contribution is -0.153. The molecule has 5 nitrogen and oxygen atoms in total. The number of imide groups is 2. The highest BCUT2D eigenvalue weighted by atomic mass is 16.2. The van der Waals surface area contributed by atoms with E-state index in [2.05, 4.69) is 5.32 Å². The Morgan fingerprint density at radius 2 is 1.67 bits per heavy atom. The van der Waals surface area contributed by atoms with E-state index in [1.807, 2.05) is 20.8 Å². The lowest BCUT2D eigenvalue weighted by Gasteiger charge is -2.41. The largest absolute Gasteiger partial charge is 0.330 e. The van der Waals surface area contributed by atoms with Crippen LogP contribution in [0.25, 0.3) is 0 Å². The number of nitrogens with zero attached hydrogens (tertiary/aromatic N) is 1. The molecule has 1 saturated carbocycles. The molecule has 5 heteroatoms. The van der Waals surface area contributed by atoms with E-state index >= 15 is 0 Å². The Bertz CT molecular complexity index is 448. The third kappa shape index (κ3) is 2.97. The molecule has 4 amide bonds. The molecule has 0 unspecified atom stereocenters. The van der Waals surface area contributed by atoms with Crippen LogP contribution in [0, 0.1) is 10.8 Å². The highest BCUT2D eigenvalue weighted by molar-refractivity contribution is 6.19. The topological polar surface area (TPSA) is 66.5 Å². The quantitative estimate of drug-likeness (QED) is 0.814. The van der Waals surface area contributed by atoms with Crippen LogP contribution in [0.5, 0.6) is 0 Å². The van der Waals surface area contributed by atoms with Gasteiger partial charge in [-0.3, -0.25) is 19.8 Å². The van der Waals surface area contributed by atoms with Gasteiger partial charge in [-0.2, -0.15) is 0 Å². The Kier molecular flexibility index (Phi) is 4.40. The second-order valence-corrected chi connectivity index (χ2v) is 7.16. The van der Waals surface area contributed by atoms with Gasteiger partial charge in [-0.05, 0) is 24.7 Å². The first-order chi connectivity index (χ1) is 9.82. The molecule has 2 fully saturated rings. The van der Waals surface area contributed by atoms with E-state index in [0.717, 1.165) is 32.1 Å². The van der Waals surface area contributed by atoms with Crippen molar-refractivity contribution in [1.82, 2.24) is 10.2 Å². The fourth-order valence-corrected chi connectivity index (χ4v) is 3.19. The minimum absolute atomic E-state index is 0.140. The minimum Gasteiger partial charge on any atom is -0.277 e. The second-order valence-electron chi connectivity index (χ2n) is 7.16. The molecule has 1 N–H and O–H groups in total. The fraction of sp³-hybridized carbons (Fsp3) is 0.812. The van der Waals surface area contributed by atoms with E-state index in [4.69, 9.17) is 0 Å². The van der Waals surface area contributed by atoms with Gasteiger partial charge in [0.2, 0.25) is 11.8 Å². The Hall–Kier alpha value is -1.39. The van der Waals surface area contributed by atoms with Crippen molar-refractivity contribution in [2.45, 2.75) is 65.7 Å². The summed E-state index contributed by atoms with van der Waals surface area (Å²) in [7, 11) is 0. The summed E-state index contributed by atoms with van der Waals surface area (Å²) < 4.78 is 0. The fourth-order valence-electron chi connectivity index (χ4n) is 3.19. The predicted molar refractivity (Wildman–Crippen MR) is 79.5 cm³/mol. The van der Waals surface area contributed by atoms with Gasteiger partial charge >= 0.3 is 6.03 Å². The molecule has 1 spiro atoms. The number of nitrogens with one attached hydrogen (secondary N) is 1. The highest BCUT2D eigenvalue weighted by Crippen LogP contribution is 2.40. The monoisotopic (exact) mass is 294 g/mol. The normalized spacial score (nSPS) is 23.2. The maximum atomic E-state index is 12.9. The molecule has 0 bridgehead atoms. The maximum Gasteiger partial charge on any atom is 0.330 e. The number of carbonyl (C=O) groups is 3. The third-order valence-electron chi connectivity index (χ3n) is 5.06. The molecule has 0 aromatic rings. The molecule has 1 aliphatic heterocycles. The summed E-state index contributed by atoms with van der Waals surface area (Å²) in [5.41, 5.74) is -1.15. The maximum absolute atomic E-state index is 12.9. The number of barbiturate groups is 1. The first-order valence-electron chi connectivity index (χ1n) is 8.00. The summed E-state index contributed by atoms with van der Waals surface area (Å²) in [6.45, 7) is 6.47. The van der Waals surface area contributed by atoms with Gasteiger partial charge in [-0.15, -0.1) is 0 Å². The number of carbonyl (C=O) groups excluding carboxylic acids is 3. The molecular weight excluding hydrogens is 268 g/mol. The van der Waals surface area contributed by atoms with Crippen molar-refractivity contribution in [1.29, 1.82) is 0 Å². The van der Waals surface area contributed by atoms with Gasteiger partial charge in [0.1, 0.15) is 5.41 Å². The van der Waals surface area contributed by atoms with E-state index in [0.29, 0.717) is 19.4 Å². The first-order valence-corrected chi connectivity index (χ1v) is 8.00. The second kappa shape index (κ2) is 5.78. The highest BCUT2D eigenvalue weighted by Gasteiger charge is 2.53. The molecule has 0 radical (unpaired) electrons. The number of hydrogen-bond donors (Lipinski definition) is 1. The molecule has 0 aromatic carbocycles. The van der Waals surface area contributed by atoms with Crippen molar-refractivity contribution >= 4 is 17.8 Å². The lowest BCUT2D eigenvalue weighted by atomic mass is 9.76. The van der Waals surface area contributed by atoms with Crippen LogP contribution < -0.4 is 5.32 Å². The number of amides is 4. The summed E-state index contributed by atoms with van der Waals surface area (Å²) >= 11 is 0. The van der Waals surface area contributed by atoms with E-state index < -0.39 is 11.4 Å². The van der Waals surface area contributed by atoms with Crippen LogP contribution in [0.2, 0.25) is 0 Å². The Morgan fingerprint density at radius 3 is 2.19 bits per heavy atom. The molecule has 1 heterocycles. The van der Waals surface area contributed by atoms with Gasteiger partial charge < -0.3 is 0 Å².